The van der Waals surface area contributed by atoms with Crippen molar-refractivity contribution >= 4 is 11.4 Å². The zero-order valence-corrected chi connectivity index (χ0v) is 10.5. The predicted molar refractivity (Wildman–Crippen MR) is 67.2 cm³/mol. The summed E-state index contributed by atoms with van der Waals surface area (Å²) in [6.45, 7) is 5.70. The predicted octanol–water partition coefficient (Wildman–Crippen LogP) is 2.82. The molecule has 0 heterocycles. The van der Waals surface area contributed by atoms with Crippen LogP contribution in [0.25, 0.3) is 0 Å². The first-order valence-electron chi connectivity index (χ1n) is 5.75. The standard InChI is InChI=1S/C12H17FN2O3/c1-9(2)8-18-4-3-14-11-5-10(13)6-12(7-11)15(16)17/h5-7,9,14H,3-4,8H2,1-2H3. The molecular formula is C12H17FN2O3. The second-order valence-electron chi connectivity index (χ2n) is 4.35. The molecule has 1 aromatic carbocycles. The van der Waals surface area contributed by atoms with Crippen molar-refractivity contribution in [2.75, 3.05) is 25.1 Å². The van der Waals surface area contributed by atoms with Crippen LogP contribution in [0.2, 0.25) is 0 Å². The summed E-state index contributed by atoms with van der Waals surface area (Å²) in [4.78, 5) is 9.92. The number of hydrogen-bond acceptors (Lipinski definition) is 4. The highest BCUT2D eigenvalue weighted by atomic mass is 19.1. The number of ether oxygens (including phenoxy) is 1. The van der Waals surface area contributed by atoms with Crippen LogP contribution in [-0.4, -0.2) is 24.7 Å². The summed E-state index contributed by atoms with van der Waals surface area (Å²) in [5.74, 6) is -0.171. The van der Waals surface area contributed by atoms with E-state index in [0.29, 0.717) is 31.4 Å². The van der Waals surface area contributed by atoms with E-state index in [1.54, 1.807) is 0 Å². The van der Waals surface area contributed by atoms with Gasteiger partial charge in [-0.15, -0.1) is 0 Å². The number of non-ortho nitro benzene ring substituents is 1. The highest BCUT2D eigenvalue weighted by molar-refractivity contribution is 5.51. The molecule has 0 unspecified atom stereocenters. The molecule has 1 aromatic rings. The summed E-state index contributed by atoms with van der Waals surface area (Å²) in [5.41, 5.74) is 0.121. The Morgan fingerprint density at radius 1 is 1.44 bits per heavy atom. The minimum Gasteiger partial charge on any atom is -0.382 e. The minimum atomic E-state index is -0.630. The van der Waals surface area contributed by atoms with Gasteiger partial charge in [0.2, 0.25) is 0 Å². The monoisotopic (exact) mass is 256 g/mol. The van der Waals surface area contributed by atoms with Gasteiger partial charge in [-0.05, 0) is 12.0 Å². The van der Waals surface area contributed by atoms with Crippen LogP contribution in [-0.2, 0) is 4.74 Å². The zero-order valence-electron chi connectivity index (χ0n) is 10.5. The molecular weight excluding hydrogens is 239 g/mol. The average Bonchev–Trinajstić information content (AvgIpc) is 2.27. The van der Waals surface area contributed by atoms with Crippen molar-refractivity contribution in [1.29, 1.82) is 0 Å². The van der Waals surface area contributed by atoms with Gasteiger partial charge in [0.25, 0.3) is 5.69 Å². The summed E-state index contributed by atoms with van der Waals surface area (Å²) >= 11 is 0. The Hall–Kier alpha value is -1.69. The Morgan fingerprint density at radius 3 is 2.78 bits per heavy atom. The van der Waals surface area contributed by atoms with E-state index < -0.39 is 10.7 Å². The first-order chi connectivity index (χ1) is 8.49. The molecule has 0 aliphatic carbocycles. The molecule has 0 aliphatic heterocycles. The second kappa shape index (κ2) is 6.90. The summed E-state index contributed by atoms with van der Waals surface area (Å²) in [7, 11) is 0. The summed E-state index contributed by atoms with van der Waals surface area (Å²) in [6, 6.07) is 3.40. The molecule has 0 aromatic heterocycles. The van der Waals surface area contributed by atoms with E-state index in [9.17, 15) is 14.5 Å². The van der Waals surface area contributed by atoms with Gasteiger partial charge in [-0.3, -0.25) is 10.1 Å². The molecule has 100 valence electrons. The van der Waals surface area contributed by atoms with Crippen LogP contribution < -0.4 is 5.32 Å². The summed E-state index contributed by atoms with van der Waals surface area (Å²) < 4.78 is 18.4. The molecule has 0 saturated heterocycles. The number of nitro benzene ring substituents is 1. The Kier molecular flexibility index (Phi) is 5.51. The second-order valence-corrected chi connectivity index (χ2v) is 4.35. The number of hydrogen-bond donors (Lipinski definition) is 1. The molecule has 0 atom stereocenters. The Labute approximate surface area is 105 Å². The molecule has 6 heteroatoms. The lowest BCUT2D eigenvalue weighted by molar-refractivity contribution is -0.385. The lowest BCUT2D eigenvalue weighted by Gasteiger charge is -2.09. The van der Waals surface area contributed by atoms with Crippen LogP contribution in [0.1, 0.15) is 13.8 Å². The molecule has 0 aliphatic rings. The van der Waals surface area contributed by atoms with Crippen molar-refractivity contribution in [2.24, 2.45) is 5.92 Å². The molecule has 5 nitrogen and oxygen atoms in total. The van der Waals surface area contributed by atoms with Crippen LogP contribution in [0.5, 0.6) is 0 Å². The maximum absolute atomic E-state index is 13.1. The molecule has 18 heavy (non-hydrogen) atoms. The quantitative estimate of drug-likeness (QED) is 0.463. The molecule has 0 saturated carbocycles. The third kappa shape index (κ3) is 5.09. The number of halogens is 1. The third-order valence-electron chi connectivity index (χ3n) is 2.12. The van der Waals surface area contributed by atoms with Crippen LogP contribution in [0.15, 0.2) is 18.2 Å². The van der Waals surface area contributed by atoms with E-state index in [-0.39, 0.29) is 5.69 Å². The zero-order chi connectivity index (χ0) is 13.5. The Morgan fingerprint density at radius 2 is 2.17 bits per heavy atom. The van der Waals surface area contributed by atoms with Gasteiger partial charge in [0.15, 0.2) is 0 Å². The summed E-state index contributed by atoms with van der Waals surface area (Å²) in [5, 5.41) is 13.4. The lowest BCUT2D eigenvalue weighted by Crippen LogP contribution is -2.12. The van der Waals surface area contributed by atoms with Gasteiger partial charge in [0.1, 0.15) is 5.82 Å². The Balaban J connectivity index is 2.44. The fourth-order valence-corrected chi connectivity index (χ4v) is 1.37. The molecule has 1 rings (SSSR count). The number of benzene rings is 1. The molecule has 1 N–H and O–H groups in total. The first-order valence-corrected chi connectivity index (χ1v) is 5.75. The smallest absolute Gasteiger partial charge is 0.274 e. The fraction of sp³-hybridized carbons (Fsp3) is 0.500. The van der Waals surface area contributed by atoms with E-state index in [0.717, 1.165) is 6.07 Å². The van der Waals surface area contributed by atoms with E-state index in [4.69, 9.17) is 4.74 Å². The van der Waals surface area contributed by atoms with E-state index >= 15 is 0 Å². The topological polar surface area (TPSA) is 64.4 Å². The van der Waals surface area contributed by atoms with Crippen LogP contribution in [0, 0.1) is 21.8 Å². The number of anilines is 1. The highest BCUT2D eigenvalue weighted by Gasteiger charge is 2.09. The minimum absolute atomic E-state index is 0.263. The summed E-state index contributed by atoms with van der Waals surface area (Å²) in [6.07, 6.45) is 0. The van der Waals surface area contributed by atoms with Gasteiger partial charge < -0.3 is 10.1 Å². The molecule has 0 amide bonds. The van der Waals surface area contributed by atoms with Gasteiger partial charge in [-0.2, -0.15) is 0 Å². The highest BCUT2D eigenvalue weighted by Crippen LogP contribution is 2.19. The number of rotatable bonds is 7. The largest absolute Gasteiger partial charge is 0.382 e. The molecule has 0 fully saturated rings. The first kappa shape index (κ1) is 14.4. The number of nitrogens with zero attached hydrogens (tertiary/aromatic N) is 1. The molecule has 0 radical (unpaired) electrons. The third-order valence-corrected chi connectivity index (χ3v) is 2.12. The lowest BCUT2D eigenvalue weighted by atomic mass is 10.2. The average molecular weight is 256 g/mol. The van der Waals surface area contributed by atoms with Crippen molar-refractivity contribution in [3.05, 3.63) is 34.1 Å². The molecule has 0 bridgehead atoms. The normalized spacial score (nSPS) is 10.7. The van der Waals surface area contributed by atoms with Gasteiger partial charge in [-0.25, -0.2) is 4.39 Å². The van der Waals surface area contributed by atoms with Crippen LogP contribution in [0.4, 0.5) is 15.8 Å². The van der Waals surface area contributed by atoms with E-state index in [2.05, 4.69) is 5.32 Å². The van der Waals surface area contributed by atoms with Gasteiger partial charge in [-0.1, -0.05) is 13.8 Å². The maximum atomic E-state index is 13.1. The van der Waals surface area contributed by atoms with Gasteiger partial charge in [0.05, 0.1) is 17.6 Å². The van der Waals surface area contributed by atoms with Crippen LogP contribution >= 0.6 is 0 Å². The SMILES string of the molecule is CC(C)COCCNc1cc(F)cc([N+](=O)[O-])c1. The van der Waals surface area contributed by atoms with Crippen molar-refractivity contribution < 1.29 is 14.1 Å². The van der Waals surface area contributed by atoms with Gasteiger partial charge >= 0.3 is 0 Å². The van der Waals surface area contributed by atoms with Crippen molar-refractivity contribution in [3.63, 3.8) is 0 Å². The van der Waals surface area contributed by atoms with Crippen molar-refractivity contribution in [3.8, 4) is 0 Å². The van der Waals surface area contributed by atoms with Crippen LogP contribution in [0.3, 0.4) is 0 Å². The number of nitro groups is 1. The Bertz CT molecular complexity index is 410. The van der Waals surface area contributed by atoms with E-state index in [1.165, 1.54) is 12.1 Å². The van der Waals surface area contributed by atoms with Crippen molar-refractivity contribution in [2.45, 2.75) is 13.8 Å². The van der Waals surface area contributed by atoms with E-state index in [1.807, 2.05) is 13.8 Å². The maximum Gasteiger partial charge on any atom is 0.274 e. The number of nitrogens with one attached hydrogen (secondary N) is 1. The molecule has 0 spiro atoms. The van der Waals surface area contributed by atoms with Gasteiger partial charge in [0, 0.05) is 24.9 Å². The fourth-order valence-electron chi connectivity index (χ4n) is 1.37. The van der Waals surface area contributed by atoms with Crippen molar-refractivity contribution in [1.82, 2.24) is 0 Å².